The van der Waals surface area contributed by atoms with E-state index in [-0.39, 0.29) is 0 Å². The van der Waals surface area contributed by atoms with E-state index in [1.54, 1.807) is 7.11 Å². The second-order valence-electron chi connectivity index (χ2n) is 5.95. The predicted octanol–water partition coefficient (Wildman–Crippen LogP) is 3.17. The van der Waals surface area contributed by atoms with Crippen LogP contribution in [0.4, 0.5) is 0 Å². The molecule has 0 amide bonds. The van der Waals surface area contributed by atoms with Gasteiger partial charge in [-0.15, -0.1) is 0 Å². The third-order valence-electron chi connectivity index (χ3n) is 5.11. The average molecular weight is 245 g/mol. The van der Waals surface area contributed by atoms with Gasteiger partial charge in [0.05, 0.1) is 7.11 Å². The lowest BCUT2D eigenvalue weighted by molar-refractivity contribution is 0.284. The molecule has 1 aromatic carbocycles. The van der Waals surface area contributed by atoms with E-state index in [4.69, 9.17) is 10.5 Å². The Balaban J connectivity index is 1.79. The molecule has 2 N–H and O–H groups in total. The van der Waals surface area contributed by atoms with E-state index in [9.17, 15) is 0 Å². The van der Waals surface area contributed by atoms with Crippen molar-refractivity contribution in [2.45, 2.75) is 31.6 Å². The lowest BCUT2D eigenvalue weighted by atomic mass is 9.76. The van der Waals surface area contributed by atoms with E-state index in [1.807, 2.05) is 0 Å². The van der Waals surface area contributed by atoms with E-state index in [0.29, 0.717) is 5.92 Å². The minimum atomic E-state index is 0.547. The number of nitrogens with two attached hydrogens (primary N) is 1. The molecule has 2 bridgehead atoms. The molecule has 18 heavy (non-hydrogen) atoms. The Morgan fingerprint density at radius 1 is 1.22 bits per heavy atom. The van der Waals surface area contributed by atoms with E-state index < -0.39 is 0 Å². The quantitative estimate of drug-likeness (QED) is 0.884. The van der Waals surface area contributed by atoms with Gasteiger partial charge in [-0.25, -0.2) is 0 Å². The van der Waals surface area contributed by atoms with Gasteiger partial charge < -0.3 is 10.5 Å². The summed E-state index contributed by atoms with van der Waals surface area (Å²) in [6.45, 7) is 0.778. The van der Waals surface area contributed by atoms with E-state index in [2.05, 4.69) is 24.3 Å². The molecule has 0 aliphatic heterocycles. The second kappa shape index (κ2) is 4.93. The molecule has 4 atom stereocenters. The number of hydrogen-bond acceptors (Lipinski definition) is 2. The maximum atomic E-state index is 6.06. The molecule has 2 nitrogen and oxygen atoms in total. The lowest BCUT2D eigenvalue weighted by Gasteiger charge is -2.30. The molecular weight excluding hydrogens is 222 g/mol. The summed E-state index contributed by atoms with van der Waals surface area (Å²) in [7, 11) is 1.71. The van der Waals surface area contributed by atoms with Crippen LogP contribution in [0.3, 0.4) is 0 Å². The summed E-state index contributed by atoms with van der Waals surface area (Å²) in [5, 5.41) is 0. The Morgan fingerprint density at radius 2 is 2.00 bits per heavy atom. The molecule has 0 saturated heterocycles. The van der Waals surface area contributed by atoms with Gasteiger partial charge in [0.1, 0.15) is 5.75 Å². The first kappa shape index (κ1) is 12.0. The number of rotatable bonds is 4. The van der Waals surface area contributed by atoms with Crippen LogP contribution >= 0.6 is 0 Å². The van der Waals surface area contributed by atoms with Crippen molar-refractivity contribution in [2.24, 2.45) is 23.5 Å². The van der Waals surface area contributed by atoms with Crippen molar-refractivity contribution in [3.05, 3.63) is 29.8 Å². The van der Waals surface area contributed by atoms with Crippen LogP contribution in [-0.4, -0.2) is 13.7 Å². The molecule has 0 aromatic heterocycles. The number of ether oxygens (including phenoxy) is 1. The number of fused-ring (bicyclic) bond motifs is 2. The van der Waals surface area contributed by atoms with Crippen LogP contribution in [0.5, 0.6) is 5.75 Å². The predicted molar refractivity (Wildman–Crippen MR) is 73.7 cm³/mol. The fourth-order valence-electron chi connectivity index (χ4n) is 4.20. The van der Waals surface area contributed by atoms with Gasteiger partial charge in [-0.3, -0.25) is 0 Å². The van der Waals surface area contributed by atoms with Gasteiger partial charge in [-0.2, -0.15) is 0 Å². The van der Waals surface area contributed by atoms with Gasteiger partial charge in [0, 0.05) is 0 Å². The first-order valence-electron chi connectivity index (χ1n) is 7.16. The van der Waals surface area contributed by atoms with Crippen LogP contribution in [-0.2, 0) is 0 Å². The van der Waals surface area contributed by atoms with Gasteiger partial charge >= 0.3 is 0 Å². The Labute approximate surface area is 110 Å². The molecule has 2 saturated carbocycles. The Hall–Kier alpha value is -1.02. The third-order valence-corrected chi connectivity index (χ3v) is 5.11. The summed E-state index contributed by atoms with van der Waals surface area (Å²) in [5.74, 6) is 4.23. The zero-order valence-corrected chi connectivity index (χ0v) is 11.1. The summed E-state index contributed by atoms with van der Waals surface area (Å²) in [6.07, 6.45) is 5.75. The maximum absolute atomic E-state index is 6.06. The standard InChI is InChI=1S/C16H23NO/c1-18-14-6-4-12(5-7-14)16(10-17)15-9-11-2-3-13(15)8-11/h4-7,11,13,15-16H,2-3,8-10,17H2,1H3. The first-order chi connectivity index (χ1) is 8.81. The van der Waals surface area contributed by atoms with Crippen LogP contribution < -0.4 is 10.5 Å². The highest BCUT2D eigenvalue weighted by molar-refractivity contribution is 5.30. The van der Waals surface area contributed by atoms with Crippen molar-refractivity contribution in [3.8, 4) is 5.75 Å². The molecule has 2 aliphatic carbocycles. The van der Waals surface area contributed by atoms with Crippen molar-refractivity contribution in [3.63, 3.8) is 0 Å². The number of benzene rings is 1. The Morgan fingerprint density at radius 3 is 2.50 bits per heavy atom. The average Bonchev–Trinajstić information content (AvgIpc) is 3.03. The molecule has 2 aliphatic rings. The SMILES string of the molecule is COc1ccc(C(CN)C2CC3CCC2C3)cc1. The van der Waals surface area contributed by atoms with Crippen LogP contribution in [0, 0.1) is 17.8 Å². The first-order valence-corrected chi connectivity index (χ1v) is 7.16. The molecule has 0 heterocycles. The van der Waals surface area contributed by atoms with E-state index >= 15 is 0 Å². The van der Waals surface area contributed by atoms with Crippen molar-refractivity contribution in [2.75, 3.05) is 13.7 Å². The van der Waals surface area contributed by atoms with Crippen LogP contribution in [0.1, 0.15) is 37.2 Å². The zero-order chi connectivity index (χ0) is 12.5. The van der Waals surface area contributed by atoms with Crippen LogP contribution in [0.2, 0.25) is 0 Å². The fourth-order valence-corrected chi connectivity index (χ4v) is 4.20. The van der Waals surface area contributed by atoms with Gasteiger partial charge in [-0.05, 0) is 67.2 Å². The maximum Gasteiger partial charge on any atom is 0.118 e. The third kappa shape index (κ3) is 2.03. The van der Waals surface area contributed by atoms with Crippen molar-refractivity contribution >= 4 is 0 Å². The Bertz CT molecular complexity index is 400. The highest BCUT2D eigenvalue weighted by Gasteiger charge is 2.42. The van der Waals surface area contributed by atoms with Crippen molar-refractivity contribution in [1.29, 1.82) is 0 Å². The van der Waals surface area contributed by atoms with Crippen molar-refractivity contribution < 1.29 is 4.74 Å². The molecule has 1 aromatic rings. The van der Waals surface area contributed by atoms with E-state index in [1.165, 1.54) is 31.2 Å². The molecule has 2 heteroatoms. The molecular formula is C16H23NO. The summed E-state index contributed by atoms with van der Waals surface area (Å²) >= 11 is 0. The smallest absolute Gasteiger partial charge is 0.118 e. The van der Waals surface area contributed by atoms with E-state index in [0.717, 1.165) is 30.0 Å². The fraction of sp³-hybridized carbons (Fsp3) is 0.625. The van der Waals surface area contributed by atoms with Gasteiger partial charge in [-0.1, -0.05) is 18.6 Å². The monoisotopic (exact) mass is 245 g/mol. The normalized spacial score (nSPS) is 31.6. The van der Waals surface area contributed by atoms with Gasteiger partial charge in [0.15, 0.2) is 0 Å². The van der Waals surface area contributed by atoms with Gasteiger partial charge in [0.25, 0.3) is 0 Å². The second-order valence-corrected chi connectivity index (χ2v) is 5.95. The summed E-state index contributed by atoms with van der Waals surface area (Å²) in [4.78, 5) is 0. The molecule has 4 unspecified atom stereocenters. The summed E-state index contributed by atoms with van der Waals surface area (Å²) in [6, 6.07) is 8.51. The van der Waals surface area contributed by atoms with Crippen LogP contribution in [0.25, 0.3) is 0 Å². The molecule has 98 valence electrons. The highest BCUT2D eigenvalue weighted by atomic mass is 16.5. The summed E-state index contributed by atoms with van der Waals surface area (Å²) < 4.78 is 5.23. The number of hydrogen-bond donors (Lipinski definition) is 1. The van der Waals surface area contributed by atoms with Crippen molar-refractivity contribution in [1.82, 2.24) is 0 Å². The lowest BCUT2D eigenvalue weighted by Crippen LogP contribution is -2.25. The topological polar surface area (TPSA) is 35.2 Å². The molecule has 0 radical (unpaired) electrons. The van der Waals surface area contributed by atoms with Gasteiger partial charge in [0.2, 0.25) is 0 Å². The highest BCUT2D eigenvalue weighted by Crippen LogP contribution is 2.53. The largest absolute Gasteiger partial charge is 0.497 e. The van der Waals surface area contributed by atoms with Crippen LogP contribution in [0.15, 0.2) is 24.3 Å². The molecule has 2 fully saturated rings. The minimum Gasteiger partial charge on any atom is -0.497 e. The zero-order valence-electron chi connectivity index (χ0n) is 11.1. The Kier molecular flexibility index (Phi) is 3.29. The summed E-state index contributed by atoms with van der Waals surface area (Å²) in [5.41, 5.74) is 7.45. The number of methoxy groups -OCH3 is 1. The molecule has 0 spiro atoms. The molecule has 3 rings (SSSR count). The minimum absolute atomic E-state index is 0.547.